The summed E-state index contributed by atoms with van der Waals surface area (Å²) in [7, 11) is 0. The lowest BCUT2D eigenvalue weighted by atomic mass is 10.1. The van der Waals surface area contributed by atoms with Gasteiger partial charge in [0.15, 0.2) is 0 Å². The Hall–Kier alpha value is -2.63. The minimum absolute atomic E-state index is 0.160. The SMILES string of the molecule is O=C(/C=C/c1ccsc1)NC[C@H](O)c1ccc(-c2ccco2)cc1. The molecule has 24 heavy (non-hydrogen) atoms. The molecular formula is C19H17NO3S. The van der Waals surface area contributed by atoms with E-state index in [9.17, 15) is 9.90 Å². The molecular weight excluding hydrogens is 322 g/mol. The van der Waals surface area contributed by atoms with E-state index in [-0.39, 0.29) is 12.5 Å². The third-order valence-corrected chi connectivity index (χ3v) is 4.24. The zero-order valence-corrected chi connectivity index (χ0v) is 13.7. The van der Waals surface area contributed by atoms with Crippen LogP contribution in [0.2, 0.25) is 0 Å². The van der Waals surface area contributed by atoms with E-state index in [2.05, 4.69) is 5.32 Å². The maximum absolute atomic E-state index is 11.8. The van der Waals surface area contributed by atoms with E-state index < -0.39 is 6.10 Å². The molecule has 0 fully saturated rings. The molecule has 0 bridgehead atoms. The number of aliphatic hydroxyl groups excluding tert-OH is 1. The van der Waals surface area contributed by atoms with Crippen molar-refractivity contribution in [2.24, 2.45) is 0 Å². The van der Waals surface area contributed by atoms with Crippen molar-refractivity contribution in [3.63, 3.8) is 0 Å². The largest absolute Gasteiger partial charge is 0.464 e. The van der Waals surface area contributed by atoms with Crippen LogP contribution in [0.25, 0.3) is 17.4 Å². The van der Waals surface area contributed by atoms with E-state index >= 15 is 0 Å². The van der Waals surface area contributed by atoms with Gasteiger partial charge >= 0.3 is 0 Å². The van der Waals surface area contributed by atoms with Crippen LogP contribution in [0.5, 0.6) is 0 Å². The summed E-state index contributed by atoms with van der Waals surface area (Å²) in [6, 6.07) is 13.1. The molecule has 1 aromatic carbocycles. The van der Waals surface area contributed by atoms with Gasteiger partial charge in [-0.1, -0.05) is 24.3 Å². The van der Waals surface area contributed by atoms with Gasteiger partial charge in [-0.15, -0.1) is 0 Å². The predicted molar refractivity (Wildman–Crippen MR) is 95.5 cm³/mol. The zero-order valence-electron chi connectivity index (χ0n) is 12.9. The van der Waals surface area contributed by atoms with Crippen LogP contribution in [-0.2, 0) is 4.79 Å². The lowest BCUT2D eigenvalue weighted by Gasteiger charge is -2.11. The van der Waals surface area contributed by atoms with Gasteiger partial charge in [0.2, 0.25) is 5.91 Å². The third-order valence-electron chi connectivity index (χ3n) is 3.54. The molecule has 5 heteroatoms. The molecule has 0 radical (unpaired) electrons. The Labute approximate surface area is 144 Å². The molecule has 1 amide bonds. The lowest BCUT2D eigenvalue weighted by molar-refractivity contribution is -0.116. The minimum Gasteiger partial charge on any atom is -0.464 e. The maximum atomic E-state index is 11.8. The summed E-state index contributed by atoms with van der Waals surface area (Å²) in [5, 5.41) is 16.8. The highest BCUT2D eigenvalue weighted by Gasteiger charge is 2.09. The van der Waals surface area contributed by atoms with E-state index in [0.29, 0.717) is 0 Å². The Morgan fingerprint density at radius 2 is 2.08 bits per heavy atom. The van der Waals surface area contributed by atoms with Crippen LogP contribution in [0.4, 0.5) is 0 Å². The summed E-state index contributed by atoms with van der Waals surface area (Å²) in [5.74, 6) is 0.551. The van der Waals surface area contributed by atoms with Crippen molar-refractivity contribution in [1.82, 2.24) is 5.32 Å². The fourth-order valence-electron chi connectivity index (χ4n) is 2.23. The standard InChI is InChI=1S/C19H17NO3S/c21-17(12-20-19(22)8-3-14-9-11-24-13-14)15-4-6-16(7-5-15)18-2-1-10-23-18/h1-11,13,17,21H,12H2,(H,20,22)/b8-3+/t17-/m0/s1. The molecule has 0 saturated heterocycles. The van der Waals surface area contributed by atoms with Crippen LogP contribution in [0.3, 0.4) is 0 Å². The Balaban J connectivity index is 1.53. The average Bonchev–Trinajstić information content (AvgIpc) is 3.31. The fraction of sp³-hybridized carbons (Fsp3) is 0.105. The van der Waals surface area contributed by atoms with E-state index in [1.807, 2.05) is 53.2 Å². The van der Waals surface area contributed by atoms with E-state index in [1.165, 1.54) is 6.08 Å². The summed E-state index contributed by atoms with van der Waals surface area (Å²) in [5.41, 5.74) is 2.68. The summed E-state index contributed by atoms with van der Waals surface area (Å²) >= 11 is 1.58. The zero-order chi connectivity index (χ0) is 16.8. The quantitative estimate of drug-likeness (QED) is 0.670. The van der Waals surface area contributed by atoms with Gasteiger partial charge in [-0.3, -0.25) is 4.79 Å². The first-order chi connectivity index (χ1) is 11.7. The number of nitrogens with one attached hydrogen (secondary N) is 1. The second kappa shape index (κ2) is 7.77. The van der Waals surface area contributed by atoms with E-state index in [1.54, 1.807) is 23.7 Å². The molecule has 1 atom stereocenters. The Kier molecular flexibility index (Phi) is 5.25. The second-order valence-corrected chi connectivity index (χ2v) is 6.03. The lowest BCUT2D eigenvalue weighted by Crippen LogP contribution is -2.26. The first-order valence-corrected chi connectivity index (χ1v) is 8.46. The van der Waals surface area contributed by atoms with Gasteiger partial charge < -0.3 is 14.8 Å². The number of rotatable bonds is 6. The molecule has 2 heterocycles. The number of thiophene rings is 1. The minimum atomic E-state index is -0.755. The number of carbonyl (C=O) groups is 1. The Bertz CT molecular complexity index is 790. The Morgan fingerprint density at radius 3 is 2.75 bits per heavy atom. The molecule has 0 aliphatic heterocycles. The molecule has 0 unspecified atom stereocenters. The number of amides is 1. The van der Waals surface area contributed by atoms with Crippen LogP contribution in [0.15, 0.2) is 70.0 Å². The monoisotopic (exact) mass is 339 g/mol. The molecule has 0 aliphatic carbocycles. The number of hydrogen-bond donors (Lipinski definition) is 2. The molecule has 2 N–H and O–H groups in total. The first kappa shape index (κ1) is 16.2. The number of carbonyl (C=O) groups excluding carboxylic acids is 1. The van der Waals surface area contributed by atoms with Crippen molar-refractivity contribution in [3.05, 3.63) is 76.7 Å². The van der Waals surface area contributed by atoms with Gasteiger partial charge in [0.05, 0.1) is 12.4 Å². The van der Waals surface area contributed by atoms with E-state index in [4.69, 9.17) is 4.42 Å². The number of hydrogen-bond acceptors (Lipinski definition) is 4. The van der Waals surface area contributed by atoms with Crippen molar-refractivity contribution in [3.8, 4) is 11.3 Å². The average molecular weight is 339 g/mol. The van der Waals surface area contributed by atoms with Crippen molar-refractivity contribution in [2.75, 3.05) is 6.54 Å². The van der Waals surface area contributed by atoms with Crippen LogP contribution < -0.4 is 5.32 Å². The molecule has 3 rings (SSSR count). The molecule has 3 aromatic rings. The topological polar surface area (TPSA) is 62.5 Å². The van der Waals surface area contributed by atoms with Crippen LogP contribution in [-0.4, -0.2) is 17.6 Å². The summed E-state index contributed by atoms with van der Waals surface area (Å²) in [4.78, 5) is 11.8. The Morgan fingerprint density at radius 1 is 1.25 bits per heavy atom. The van der Waals surface area contributed by atoms with Gasteiger partial charge in [-0.25, -0.2) is 0 Å². The van der Waals surface area contributed by atoms with Crippen molar-refractivity contribution in [1.29, 1.82) is 0 Å². The fourth-order valence-corrected chi connectivity index (χ4v) is 2.86. The maximum Gasteiger partial charge on any atom is 0.244 e. The smallest absolute Gasteiger partial charge is 0.244 e. The van der Waals surface area contributed by atoms with E-state index in [0.717, 1.165) is 22.5 Å². The molecule has 0 saturated carbocycles. The van der Waals surface area contributed by atoms with Gasteiger partial charge in [0.25, 0.3) is 0 Å². The predicted octanol–water partition coefficient (Wildman–Crippen LogP) is 3.87. The van der Waals surface area contributed by atoms with Crippen molar-refractivity contribution < 1.29 is 14.3 Å². The van der Waals surface area contributed by atoms with Gasteiger partial charge in [0.1, 0.15) is 5.76 Å². The molecule has 4 nitrogen and oxygen atoms in total. The van der Waals surface area contributed by atoms with Crippen LogP contribution in [0.1, 0.15) is 17.2 Å². The molecule has 2 aromatic heterocycles. The normalized spacial score (nSPS) is 12.4. The van der Waals surface area contributed by atoms with Crippen molar-refractivity contribution in [2.45, 2.75) is 6.10 Å². The summed E-state index contributed by atoms with van der Waals surface area (Å²) in [6.45, 7) is 0.160. The van der Waals surface area contributed by atoms with Crippen LogP contribution >= 0.6 is 11.3 Å². The van der Waals surface area contributed by atoms with Gasteiger partial charge in [-0.2, -0.15) is 11.3 Å². The highest BCUT2D eigenvalue weighted by molar-refractivity contribution is 7.08. The van der Waals surface area contributed by atoms with Crippen molar-refractivity contribution >= 4 is 23.3 Å². The molecule has 0 spiro atoms. The number of benzene rings is 1. The van der Waals surface area contributed by atoms with Crippen LogP contribution in [0, 0.1) is 0 Å². The third kappa shape index (κ3) is 4.22. The highest BCUT2D eigenvalue weighted by Crippen LogP contribution is 2.22. The summed E-state index contributed by atoms with van der Waals surface area (Å²) < 4.78 is 5.33. The molecule has 122 valence electrons. The highest BCUT2D eigenvalue weighted by atomic mass is 32.1. The van der Waals surface area contributed by atoms with Gasteiger partial charge in [-0.05, 0) is 46.2 Å². The second-order valence-electron chi connectivity index (χ2n) is 5.25. The first-order valence-electron chi connectivity index (χ1n) is 7.52. The molecule has 0 aliphatic rings. The van der Waals surface area contributed by atoms with Gasteiger partial charge in [0, 0.05) is 18.2 Å². The number of furan rings is 1. The summed E-state index contributed by atoms with van der Waals surface area (Å²) in [6.07, 6.45) is 4.08. The number of aliphatic hydroxyl groups is 1.